The van der Waals surface area contributed by atoms with Crippen LogP contribution >= 0.6 is 0 Å². The zero-order chi connectivity index (χ0) is 21.5. The molecular weight excluding hydrogens is 387 g/mol. The largest absolute Gasteiger partial charge is 0.462 e. The molecule has 0 unspecified atom stereocenters. The van der Waals surface area contributed by atoms with Crippen LogP contribution in [0.5, 0.6) is 11.5 Å². The number of ether oxygens (including phenoxy) is 3. The predicted octanol–water partition coefficient (Wildman–Crippen LogP) is 5.32. The Morgan fingerprint density at radius 1 is 0.800 bits per heavy atom. The van der Waals surface area contributed by atoms with Gasteiger partial charge in [0.25, 0.3) is 0 Å². The Labute approximate surface area is 172 Å². The maximum atomic E-state index is 14.5. The van der Waals surface area contributed by atoms with Gasteiger partial charge in [-0.2, -0.15) is 0 Å². The molecule has 0 aliphatic rings. The number of hydrogen-bond acceptors (Lipinski definition) is 5. The first-order valence-electron chi connectivity index (χ1n) is 8.83. The molecule has 3 aromatic carbocycles. The molecule has 0 heterocycles. The molecule has 0 radical (unpaired) electrons. The van der Waals surface area contributed by atoms with E-state index in [1.165, 1.54) is 12.3 Å². The Balaban J connectivity index is 1.79. The lowest BCUT2D eigenvalue weighted by Crippen LogP contribution is -2.03. The number of hydrogen-bond donors (Lipinski definition) is 0. The van der Waals surface area contributed by atoms with Gasteiger partial charge in [-0.25, -0.2) is 14.0 Å². The van der Waals surface area contributed by atoms with Gasteiger partial charge in [0.1, 0.15) is 29.8 Å². The summed E-state index contributed by atoms with van der Waals surface area (Å²) >= 11 is 0. The highest BCUT2D eigenvalue weighted by molar-refractivity contribution is 5.88. The second-order valence-electron chi connectivity index (χ2n) is 6.02. The lowest BCUT2D eigenvalue weighted by atomic mass is 10.0. The van der Waals surface area contributed by atoms with E-state index in [4.69, 9.17) is 9.47 Å². The second kappa shape index (κ2) is 9.34. The molecule has 0 aliphatic heterocycles. The Kier molecular flexibility index (Phi) is 6.39. The fraction of sp³-hybridized carbons (Fsp3) is 0. The van der Waals surface area contributed by atoms with Gasteiger partial charge in [0.05, 0.1) is 0 Å². The number of rotatable bonds is 7. The van der Waals surface area contributed by atoms with E-state index in [2.05, 4.69) is 17.9 Å². The van der Waals surface area contributed by atoms with Crippen molar-refractivity contribution < 1.29 is 28.2 Å². The fourth-order valence-corrected chi connectivity index (χ4v) is 2.67. The highest BCUT2D eigenvalue weighted by atomic mass is 19.1. The van der Waals surface area contributed by atoms with Gasteiger partial charge < -0.3 is 14.2 Å². The molecule has 3 aromatic rings. The zero-order valence-electron chi connectivity index (χ0n) is 15.8. The molecule has 0 N–H and O–H groups in total. The van der Waals surface area contributed by atoms with Gasteiger partial charge in [-0.3, -0.25) is 0 Å². The molecule has 0 bridgehead atoms. The van der Waals surface area contributed by atoms with Crippen LogP contribution in [0.3, 0.4) is 0 Å². The third-order valence-electron chi connectivity index (χ3n) is 4.06. The molecular formula is C24H17FO5. The summed E-state index contributed by atoms with van der Waals surface area (Å²) in [5.74, 6) is -1.10. The molecule has 150 valence electrons. The Morgan fingerprint density at radius 3 is 2.23 bits per heavy atom. The van der Waals surface area contributed by atoms with Crippen molar-refractivity contribution in [1.29, 1.82) is 0 Å². The normalized spacial score (nSPS) is 10.6. The number of benzene rings is 3. The van der Waals surface area contributed by atoms with Crippen LogP contribution < -0.4 is 9.47 Å². The van der Waals surface area contributed by atoms with Gasteiger partial charge in [-0.05, 0) is 46.7 Å². The third-order valence-corrected chi connectivity index (χ3v) is 4.06. The minimum Gasteiger partial charge on any atom is -0.462 e. The van der Waals surface area contributed by atoms with E-state index in [0.717, 1.165) is 35.3 Å². The molecule has 0 saturated carbocycles. The average Bonchev–Trinajstić information content (AvgIpc) is 2.76. The van der Waals surface area contributed by atoms with Crippen molar-refractivity contribution in [3.8, 4) is 22.6 Å². The van der Waals surface area contributed by atoms with Crippen LogP contribution in [0.4, 0.5) is 4.39 Å². The van der Waals surface area contributed by atoms with Crippen LogP contribution in [-0.2, 0) is 14.3 Å². The smallest absolute Gasteiger partial charge is 0.335 e. The van der Waals surface area contributed by atoms with E-state index in [1.54, 1.807) is 24.3 Å². The van der Waals surface area contributed by atoms with Gasteiger partial charge >= 0.3 is 11.9 Å². The molecule has 0 amide bonds. The van der Waals surface area contributed by atoms with Crippen molar-refractivity contribution in [2.45, 2.75) is 0 Å². The number of carbonyl (C=O) groups is 2. The lowest BCUT2D eigenvalue weighted by molar-refractivity contribution is -0.132. The van der Waals surface area contributed by atoms with Crippen molar-refractivity contribution in [3.63, 3.8) is 0 Å². The Hall–Kier alpha value is -4.19. The standard InChI is InChI=1S/C24H17FO5/c1-3-23(26)29-12-11-28-19-8-7-16-13-18(6-5-17(16)14-19)21-10-9-20(15-22(21)25)30-24(27)4-2/h3-15H,1-2H2. The minimum atomic E-state index is -0.653. The molecule has 30 heavy (non-hydrogen) atoms. The van der Waals surface area contributed by atoms with Crippen LogP contribution in [0, 0.1) is 5.82 Å². The molecule has 0 aromatic heterocycles. The topological polar surface area (TPSA) is 61.8 Å². The highest BCUT2D eigenvalue weighted by Crippen LogP contribution is 2.30. The van der Waals surface area contributed by atoms with Gasteiger partial charge in [0.15, 0.2) is 0 Å². The molecule has 0 atom stereocenters. The quantitative estimate of drug-likeness (QED) is 0.231. The Morgan fingerprint density at radius 2 is 1.50 bits per heavy atom. The van der Waals surface area contributed by atoms with Gasteiger partial charge in [0, 0.05) is 23.8 Å². The van der Waals surface area contributed by atoms with E-state index >= 15 is 0 Å². The third kappa shape index (κ3) is 4.99. The predicted molar refractivity (Wildman–Crippen MR) is 111 cm³/mol. The van der Waals surface area contributed by atoms with Crippen LogP contribution in [0.2, 0.25) is 0 Å². The first kappa shape index (κ1) is 20.5. The van der Waals surface area contributed by atoms with Gasteiger partial charge in [0.2, 0.25) is 0 Å². The second-order valence-corrected chi connectivity index (χ2v) is 6.02. The van der Waals surface area contributed by atoms with E-state index in [9.17, 15) is 14.0 Å². The molecule has 0 fully saturated rings. The summed E-state index contributed by atoms with van der Waals surface area (Å²) in [6.07, 6.45) is 4.42. The van der Waals surface area contributed by atoms with Crippen molar-refractivity contribution >= 4 is 22.7 Å². The van der Waals surface area contributed by atoms with E-state index in [0.29, 0.717) is 16.9 Å². The summed E-state index contributed by atoms with van der Waals surface area (Å²) in [4.78, 5) is 22.2. The van der Waals surface area contributed by atoms with Crippen LogP contribution in [-0.4, -0.2) is 11.9 Å². The lowest BCUT2D eigenvalue weighted by Gasteiger charge is -2.08. The fourth-order valence-electron chi connectivity index (χ4n) is 2.67. The maximum Gasteiger partial charge on any atom is 0.335 e. The number of esters is 2. The summed E-state index contributed by atoms with van der Waals surface area (Å²) in [6, 6.07) is 15.0. The average molecular weight is 404 g/mol. The highest BCUT2D eigenvalue weighted by Gasteiger charge is 2.09. The van der Waals surface area contributed by atoms with Crippen LogP contribution in [0.15, 0.2) is 92.4 Å². The minimum absolute atomic E-state index is 0.107. The molecule has 5 nitrogen and oxygen atoms in total. The summed E-state index contributed by atoms with van der Waals surface area (Å²) < 4.78 is 29.5. The van der Waals surface area contributed by atoms with Crippen molar-refractivity contribution in [1.82, 2.24) is 0 Å². The molecule has 0 spiro atoms. The molecule has 3 rings (SSSR count). The van der Waals surface area contributed by atoms with Gasteiger partial charge in [-0.1, -0.05) is 31.4 Å². The molecule has 6 heteroatoms. The molecule has 0 saturated heterocycles. The summed E-state index contributed by atoms with van der Waals surface area (Å²) in [5, 5.41) is 1.76. The van der Waals surface area contributed by atoms with Crippen LogP contribution in [0.25, 0.3) is 21.9 Å². The maximum absolute atomic E-state index is 14.5. The van der Waals surface area contributed by atoms with Crippen molar-refractivity contribution in [3.05, 3.63) is 98.2 Å². The van der Waals surface area contributed by atoms with E-state index in [1.807, 2.05) is 18.2 Å². The van der Waals surface area contributed by atoms with E-state index < -0.39 is 17.8 Å². The van der Waals surface area contributed by atoms with Crippen molar-refractivity contribution in [2.75, 3.05) is 0 Å². The number of fused-ring (bicyclic) bond motifs is 1. The van der Waals surface area contributed by atoms with Crippen molar-refractivity contribution in [2.24, 2.45) is 0 Å². The first-order valence-corrected chi connectivity index (χ1v) is 8.83. The first-order chi connectivity index (χ1) is 14.5. The number of carbonyl (C=O) groups excluding carboxylic acids is 2. The SMILES string of the molecule is C=CC(=O)OC=COc1ccc2cc(-c3ccc(OC(=O)C=C)cc3F)ccc2c1. The summed E-state index contributed by atoms with van der Waals surface area (Å²) in [7, 11) is 0. The molecule has 0 aliphatic carbocycles. The number of halogens is 1. The Bertz CT molecular complexity index is 1160. The zero-order valence-corrected chi connectivity index (χ0v) is 15.8. The van der Waals surface area contributed by atoms with Crippen LogP contribution in [0.1, 0.15) is 0 Å². The van der Waals surface area contributed by atoms with E-state index in [-0.39, 0.29) is 5.75 Å². The monoisotopic (exact) mass is 404 g/mol. The van der Waals surface area contributed by atoms with Gasteiger partial charge in [-0.15, -0.1) is 0 Å². The summed E-state index contributed by atoms with van der Waals surface area (Å²) in [5.41, 5.74) is 1.05. The summed E-state index contributed by atoms with van der Waals surface area (Å²) in [6.45, 7) is 6.60.